The van der Waals surface area contributed by atoms with E-state index < -0.39 is 6.04 Å². The van der Waals surface area contributed by atoms with Gasteiger partial charge in [0.15, 0.2) is 0 Å². The maximum atomic E-state index is 11.8. The summed E-state index contributed by atoms with van der Waals surface area (Å²) in [5.41, 5.74) is 7.65. The third kappa shape index (κ3) is 3.92. The van der Waals surface area contributed by atoms with Gasteiger partial charge in [-0.25, -0.2) is 0 Å². The van der Waals surface area contributed by atoms with Gasteiger partial charge in [0.1, 0.15) is 6.04 Å². The first-order chi connectivity index (χ1) is 10.1. The Labute approximate surface area is 126 Å². The molecular weight excluding hydrogens is 260 g/mol. The molecule has 0 aliphatic rings. The average molecular weight is 282 g/mol. The third-order valence-corrected chi connectivity index (χ3v) is 3.59. The Kier molecular flexibility index (Phi) is 5.12. The fourth-order valence-electron chi connectivity index (χ4n) is 2.50. The summed E-state index contributed by atoms with van der Waals surface area (Å²) in [6.45, 7) is 4.27. The van der Waals surface area contributed by atoms with Crippen molar-refractivity contribution in [1.82, 2.24) is 5.32 Å². The van der Waals surface area contributed by atoms with Crippen molar-refractivity contribution in [3.63, 3.8) is 0 Å². The number of benzene rings is 2. The highest BCUT2D eigenvalue weighted by molar-refractivity contribution is 5.81. The highest BCUT2D eigenvalue weighted by Crippen LogP contribution is 2.25. The molecule has 3 N–H and O–H groups in total. The summed E-state index contributed by atoms with van der Waals surface area (Å²) in [4.78, 5) is 11.8. The molecule has 1 amide bonds. The number of primary amides is 1. The van der Waals surface area contributed by atoms with Crippen LogP contribution in [0.5, 0.6) is 0 Å². The molecule has 0 aliphatic heterocycles. The molecule has 0 bridgehead atoms. The van der Waals surface area contributed by atoms with E-state index in [-0.39, 0.29) is 11.9 Å². The second-order valence-corrected chi connectivity index (χ2v) is 5.55. The van der Waals surface area contributed by atoms with Gasteiger partial charge in [-0.2, -0.15) is 0 Å². The number of carbonyl (C=O) groups excluding carboxylic acids is 1. The van der Waals surface area contributed by atoms with Gasteiger partial charge < -0.3 is 5.73 Å². The summed E-state index contributed by atoms with van der Waals surface area (Å²) in [6, 6.07) is 19.3. The van der Waals surface area contributed by atoms with Crippen molar-refractivity contribution < 1.29 is 4.79 Å². The van der Waals surface area contributed by atoms with Gasteiger partial charge in [-0.3, -0.25) is 10.1 Å². The van der Waals surface area contributed by atoms with Crippen molar-refractivity contribution in [2.75, 3.05) is 0 Å². The summed E-state index contributed by atoms with van der Waals surface area (Å²) in [5.74, 6) is -0.0132. The molecule has 0 saturated carbocycles. The van der Waals surface area contributed by atoms with Crippen LogP contribution < -0.4 is 11.1 Å². The minimum atomic E-state index is -0.487. The Morgan fingerprint density at radius 2 is 1.38 bits per heavy atom. The molecule has 21 heavy (non-hydrogen) atoms. The summed E-state index contributed by atoms with van der Waals surface area (Å²) in [5, 5.41) is 3.41. The SMILES string of the molecule is CC(C)[C@@H](N[C@H](C(N)=O)c1ccccc1)c1ccccc1. The smallest absolute Gasteiger partial charge is 0.239 e. The van der Waals surface area contributed by atoms with Crippen LogP contribution in [0.15, 0.2) is 60.7 Å². The Morgan fingerprint density at radius 3 is 1.81 bits per heavy atom. The average Bonchev–Trinajstić information content (AvgIpc) is 2.49. The van der Waals surface area contributed by atoms with Crippen molar-refractivity contribution in [2.45, 2.75) is 25.9 Å². The fourth-order valence-corrected chi connectivity index (χ4v) is 2.50. The van der Waals surface area contributed by atoms with E-state index in [0.29, 0.717) is 5.92 Å². The van der Waals surface area contributed by atoms with Gasteiger partial charge in [-0.15, -0.1) is 0 Å². The van der Waals surface area contributed by atoms with E-state index in [4.69, 9.17) is 5.73 Å². The van der Waals surface area contributed by atoms with Crippen LogP contribution in [0, 0.1) is 5.92 Å². The number of nitrogens with two attached hydrogens (primary N) is 1. The lowest BCUT2D eigenvalue weighted by Crippen LogP contribution is -2.37. The normalized spacial score (nSPS) is 13.9. The van der Waals surface area contributed by atoms with E-state index in [0.717, 1.165) is 11.1 Å². The molecule has 3 heteroatoms. The number of hydrogen-bond acceptors (Lipinski definition) is 2. The third-order valence-electron chi connectivity index (χ3n) is 3.59. The number of amides is 1. The van der Waals surface area contributed by atoms with Crippen molar-refractivity contribution in [1.29, 1.82) is 0 Å². The Balaban J connectivity index is 2.27. The summed E-state index contributed by atoms with van der Waals surface area (Å²) < 4.78 is 0. The van der Waals surface area contributed by atoms with Crippen LogP contribution in [-0.4, -0.2) is 5.91 Å². The van der Waals surface area contributed by atoms with Gasteiger partial charge in [0.2, 0.25) is 5.91 Å². The second kappa shape index (κ2) is 7.04. The van der Waals surface area contributed by atoms with E-state index in [2.05, 4.69) is 31.3 Å². The minimum absolute atomic E-state index is 0.0731. The molecule has 3 nitrogen and oxygen atoms in total. The zero-order valence-electron chi connectivity index (χ0n) is 12.5. The lowest BCUT2D eigenvalue weighted by Gasteiger charge is -2.27. The molecule has 2 rings (SSSR count). The number of hydrogen-bond donors (Lipinski definition) is 2. The molecule has 0 saturated heterocycles. The maximum absolute atomic E-state index is 11.8. The van der Waals surface area contributed by atoms with Gasteiger partial charge in [0, 0.05) is 6.04 Å². The van der Waals surface area contributed by atoms with Crippen LogP contribution in [0.3, 0.4) is 0 Å². The van der Waals surface area contributed by atoms with Crippen LogP contribution in [0.2, 0.25) is 0 Å². The quantitative estimate of drug-likeness (QED) is 0.855. The van der Waals surface area contributed by atoms with Crippen molar-refractivity contribution in [2.24, 2.45) is 11.7 Å². The van der Waals surface area contributed by atoms with E-state index >= 15 is 0 Å². The predicted octanol–water partition coefficient (Wildman–Crippen LogP) is 3.20. The van der Waals surface area contributed by atoms with Gasteiger partial charge in [-0.1, -0.05) is 74.5 Å². The van der Waals surface area contributed by atoms with E-state index in [1.165, 1.54) is 0 Å². The van der Waals surface area contributed by atoms with Crippen LogP contribution in [-0.2, 0) is 4.79 Å². The number of nitrogens with one attached hydrogen (secondary N) is 1. The predicted molar refractivity (Wildman–Crippen MR) is 85.5 cm³/mol. The second-order valence-electron chi connectivity index (χ2n) is 5.55. The van der Waals surface area contributed by atoms with Crippen molar-refractivity contribution >= 4 is 5.91 Å². The first-order valence-electron chi connectivity index (χ1n) is 7.25. The fraction of sp³-hybridized carbons (Fsp3) is 0.278. The summed E-state index contributed by atoms with van der Waals surface area (Å²) in [7, 11) is 0. The largest absolute Gasteiger partial charge is 0.368 e. The van der Waals surface area contributed by atoms with E-state index in [1.54, 1.807) is 0 Å². The van der Waals surface area contributed by atoms with Crippen LogP contribution in [0.4, 0.5) is 0 Å². The van der Waals surface area contributed by atoms with Gasteiger partial charge in [0.25, 0.3) is 0 Å². The molecule has 2 atom stereocenters. The molecule has 2 aromatic carbocycles. The van der Waals surface area contributed by atoms with Gasteiger partial charge in [-0.05, 0) is 17.0 Å². The molecule has 0 aliphatic carbocycles. The van der Waals surface area contributed by atoms with Crippen LogP contribution in [0.1, 0.15) is 37.1 Å². The Bertz CT molecular complexity index is 566. The molecule has 0 spiro atoms. The highest BCUT2D eigenvalue weighted by Gasteiger charge is 2.24. The van der Waals surface area contributed by atoms with Crippen molar-refractivity contribution in [3.8, 4) is 0 Å². The molecular formula is C18H22N2O. The number of carbonyl (C=O) groups is 1. The standard InChI is InChI=1S/C18H22N2O/c1-13(2)16(14-9-5-3-6-10-14)20-17(18(19)21)15-11-7-4-8-12-15/h3-13,16-17,20H,1-2H3,(H2,19,21)/t16-,17+/m1/s1. The molecule has 0 radical (unpaired) electrons. The maximum Gasteiger partial charge on any atom is 0.239 e. The first-order valence-corrected chi connectivity index (χ1v) is 7.25. The molecule has 0 aromatic heterocycles. The van der Waals surface area contributed by atoms with E-state index in [9.17, 15) is 4.79 Å². The molecule has 0 heterocycles. The van der Waals surface area contributed by atoms with Crippen LogP contribution >= 0.6 is 0 Å². The lowest BCUT2D eigenvalue weighted by atomic mass is 9.94. The molecule has 110 valence electrons. The monoisotopic (exact) mass is 282 g/mol. The van der Waals surface area contributed by atoms with Crippen LogP contribution in [0.25, 0.3) is 0 Å². The van der Waals surface area contributed by atoms with Gasteiger partial charge in [0.05, 0.1) is 0 Å². The molecule has 0 unspecified atom stereocenters. The Hall–Kier alpha value is -2.13. The lowest BCUT2D eigenvalue weighted by molar-refractivity contribution is -0.120. The molecule has 2 aromatic rings. The minimum Gasteiger partial charge on any atom is -0.368 e. The Morgan fingerprint density at radius 1 is 0.905 bits per heavy atom. The van der Waals surface area contributed by atoms with Crippen molar-refractivity contribution in [3.05, 3.63) is 71.8 Å². The zero-order chi connectivity index (χ0) is 15.2. The topological polar surface area (TPSA) is 55.1 Å². The van der Waals surface area contributed by atoms with Gasteiger partial charge >= 0.3 is 0 Å². The summed E-state index contributed by atoms with van der Waals surface area (Å²) >= 11 is 0. The summed E-state index contributed by atoms with van der Waals surface area (Å²) in [6.07, 6.45) is 0. The highest BCUT2D eigenvalue weighted by atomic mass is 16.1. The number of rotatable bonds is 6. The molecule has 0 fully saturated rings. The first kappa shape index (κ1) is 15.3. The van der Waals surface area contributed by atoms with E-state index in [1.807, 2.05) is 48.5 Å². The zero-order valence-corrected chi connectivity index (χ0v) is 12.5.